The molecule has 0 bridgehead atoms. The highest BCUT2D eigenvalue weighted by Crippen LogP contribution is 2.36. The van der Waals surface area contributed by atoms with Crippen molar-refractivity contribution >= 4 is 39.0 Å². The van der Waals surface area contributed by atoms with Gasteiger partial charge in [-0.05, 0) is 38.5 Å². The predicted octanol–water partition coefficient (Wildman–Crippen LogP) is 3.81. The van der Waals surface area contributed by atoms with E-state index in [1.165, 1.54) is 17.0 Å². The second-order valence-electron chi connectivity index (χ2n) is 7.22. The first kappa shape index (κ1) is 19.6. The van der Waals surface area contributed by atoms with Crippen molar-refractivity contribution in [3.8, 4) is 0 Å². The van der Waals surface area contributed by atoms with E-state index in [4.69, 9.17) is 0 Å². The van der Waals surface area contributed by atoms with Crippen molar-refractivity contribution in [3.63, 3.8) is 0 Å². The van der Waals surface area contributed by atoms with Crippen molar-refractivity contribution in [2.45, 2.75) is 20.8 Å². The van der Waals surface area contributed by atoms with Gasteiger partial charge in [-0.2, -0.15) is 0 Å². The van der Waals surface area contributed by atoms with Crippen molar-refractivity contribution in [2.75, 3.05) is 49.1 Å². The van der Waals surface area contributed by atoms with Crippen LogP contribution in [0.2, 0.25) is 0 Å². The van der Waals surface area contributed by atoms with E-state index < -0.39 is 0 Å². The highest BCUT2D eigenvalue weighted by atomic mass is 32.1. The molecule has 3 aromatic rings. The molecule has 0 N–H and O–H groups in total. The zero-order valence-electron chi connectivity index (χ0n) is 17.3. The zero-order chi connectivity index (χ0) is 20.4. The van der Waals surface area contributed by atoms with E-state index >= 15 is 0 Å². The molecule has 3 heterocycles. The van der Waals surface area contributed by atoms with E-state index in [0.29, 0.717) is 13.1 Å². The summed E-state index contributed by atoms with van der Waals surface area (Å²) in [5.74, 6) is 1.05. The minimum atomic E-state index is 0.0929. The molecule has 7 heteroatoms. The maximum absolute atomic E-state index is 13.0. The molecule has 2 aromatic heterocycles. The number of amides is 1. The summed E-state index contributed by atoms with van der Waals surface area (Å²) in [7, 11) is 0. The van der Waals surface area contributed by atoms with Crippen molar-refractivity contribution in [2.24, 2.45) is 0 Å². The fourth-order valence-corrected chi connectivity index (χ4v) is 5.08. The molecular formula is C22H27N5OS. The van der Waals surface area contributed by atoms with Gasteiger partial charge in [0.25, 0.3) is 5.91 Å². The van der Waals surface area contributed by atoms with Crippen LogP contribution in [0.4, 0.5) is 11.5 Å². The van der Waals surface area contributed by atoms with E-state index in [1.54, 1.807) is 6.33 Å². The van der Waals surface area contributed by atoms with Crippen LogP contribution in [0, 0.1) is 6.92 Å². The molecule has 1 amide bonds. The molecule has 1 aliphatic rings. The van der Waals surface area contributed by atoms with Gasteiger partial charge in [0.05, 0.1) is 10.3 Å². The van der Waals surface area contributed by atoms with Crippen molar-refractivity contribution in [1.82, 2.24) is 14.9 Å². The van der Waals surface area contributed by atoms with Gasteiger partial charge in [0, 0.05) is 45.0 Å². The lowest BCUT2D eigenvalue weighted by molar-refractivity contribution is 0.0777. The predicted molar refractivity (Wildman–Crippen MR) is 120 cm³/mol. The molecule has 0 saturated carbocycles. The van der Waals surface area contributed by atoms with Crippen LogP contribution in [0.1, 0.15) is 29.1 Å². The molecule has 0 atom stereocenters. The van der Waals surface area contributed by atoms with E-state index in [2.05, 4.69) is 44.0 Å². The van der Waals surface area contributed by atoms with Crippen LogP contribution in [0.25, 0.3) is 10.2 Å². The Bertz CT molecular complexity index is 991. The largest absolute Gasteiger partial charge is 0.368 e. The highest BCUT2D eigenvalue weighted by molar-refractivity contribution is 7.20. The number of carbonyl (C=O) groups is 1. The van der Waals surface area contributed by atoms with Gasteiger partial charge >= 0.3 is 0 Å². The Labute approximate surface area is 175 Å². The van der Waals surface area contributed by atoms with Gasteiger partial charge in [-0.1, -0.05) is 18.2 Å². The van der Waals surface area contributed by atoms with Crippen LogP contribution < -0.4 is 9.80 Å². The molecule has 0 unspecified atom stereocenters. The number of rotatable bonds is 5. The van der Waals surface area contributed by atoms with Gasteiger partial charge in [0.2, 0.25) is 0 Å². The van der Waals surface area contributed by atoms with Gasteiger partial charge in [0.15, 0.2) is 0 Å². The normalized spacial score (nSPS) is 14.4. The van der Waals surface area contributed by atoms with Crippen LogP contribution in [-0.4, -0.2) is 60.0 Å². The molecule has 1 aliphatic heterocycles. The van der Waals surface area contributed by atoms with Crippen LogP contribution in [0.15, 0.2) is 36.7 Å². The lowest BCUT2D eigenvalue weighted by Crippen LogP contribution is -2.46. The number of anilines is 2. The van der Waals surface area contributed by atoms with E-state index in [-0.39, 0.29) is 5.91 Å². The average molecular weight is 410 g/mol. The van der Waals surface area contributed by atoms with Crippen molar-refractivity contribution in [1.29, 1.82) is 0 Å². The number of aromatic nitrogens is 2. The maximum Gasteiger partial charge on any atom is 0.264 e. The van der Waals surface area contributed by atoms with Crippen LogP contribution in [0.5, 0.6) is 0 Å². The van der Waals surface area contributed by atoms with Crippen molar-refractivity contribution < 1.29 is 4.79 Å². The molecule has 1 saturated heterocycles. The second-order valence-corrected chi connectivity index (χ2v) is 8.22. The Morgan fingerprint density at radius 2 is 1.69 bits per heavy atom. The number of hydrogen-bond acceptors (Lipinski definition) is 6. The van der Waals surface area contributed by atoms with E-state index in [1.807, 2.05) is 31.7 Å². The summed E-state index contributed by atoms with van der Waals surface area (Å²) in [6.45, 7) is 11.2. The third-order valence-corrected chi connectivity index (χ3v) is 6.84. The summed E-state index contributed by atoms with van der Waals surface area (Å²) in [6.07, 6.45) is 1.63. The fourth-order valence-electron chi connectivity index (χ4n) is 3.97. The summed E-state index contributed by atoms with van der Waals surface area (Å²) < 4.78 is 0. The summed E-state index contributed by atoms with van der Waals surface area (Å²) >= 11 is 1.49. The Morgan fingerprint density at radius 3 is 2.34 bits per heavy atom. The number of fused-ring (bicyclic) bond motifs is 1. The lowest BCUT2D eigenvalue weighted by Gasteiger charge is -2.37. The van der Waals surface area contributed by atoms with Gasteiger partial charge < -0.3 is 14.7 Å². The summed E-state index contributed by atoms with van der Waals surface area (Å²) in [5.41, 5.74) is 2.27. The first-order chi connectivity index (χ1) is 14.1. The average Bonchev–Trinajstić information content (AvgIpc) is 3.12. The molecule has 4 rings (SSSR count). The van der Waals surface area contributed by atoms with Gasteiger partial charge in [-0.15, -0.1) is 11.3 Å². The van der Waals surface area contributed by atoms with Crippen LogP contribution in [-0.2, 0) is 0 Å². The Hall–Kier alpha value is -2.67. The number of hydrogen-bond donors (Lipinski definition) is 0. The van der Waals surface area contributed by atoms with Gasteiger partial charge in [-0.3, -0.25) is 4.79 Å². The third-order valence-electron chi connectivity index (χ3n) is 5.65. The molecule has 1 aromatic carbocycles. The molecule has 152 valence electrons. The standard InChI is InChI=1S/C22H27N5OS/c1-4-25(5-2)22(28)19-16(3)18-20(23-15-24-21(18)29-19)27-13-11-26(12-14-27)17-9-7-6-8-10-17/h6-10,15H,4-5,11-14H2,1-3H3. The summed E-state index contributed by atoms with van der Waals surface area (Å²) in [4.78, 5) is 30.3. The molecule has 6 nitrogen and oxygen atoms in total. The number of aryl methyl sites for hydroxylation is 1. The minimum absolute atomic E-state index is 0.0929. The number of carbonyl (C=O) groups excluding carboxylic acids is 1. The molecule has 1 fully saturated rings. The summed E-state index contributed by atoms with van der Waals surface area (Å²) in [6, 6.07) is 10.5. The Morgan fingerprint density at radius 1 is 1.03 bits per heavy atom. The first-order valence-electron chi connectivity index (χ1n) is 10.2. The zero-order valence-corrected chi connectivity index (χ0v) is 18.1. The lowest BCUT2D eigenvalue weighted by atomic mass is 10.1. The number of nitrogens with zero attached hydrogens (tertiary/aromatic N) is 5. The first-order valence-corrected chi connectivity index (χ1v) is 11.0. The SMILES string of the molecule is CCN(CC)C(=O)c1sc2ncnc(N3CCN(c4ccccc4)CC3)c2c1C. The summed E-state index contributed by atoms with van der Waals surface area (Å²) in [5, 5.41) is 1.03. The third kappa shape index (κ3) is 3.67. The van der Waals surface area contributed by atoms with E-state index in [9.17, 15) is 4.79 Å². The quantitative estimate of drug-likeness (QED) is 0.641. The Balaban J connectivity index is 1.61. The van der Waals surface area contributed by atoms with Crippen molar-refractivity contribution in [3.05, 3.63) is 47.1 Å². The van der Waals surface area contributed by atoms with Gasteiger partial charge in [-0.25, -0.2) is 9.97 Å². The topological polar surface area (TPSA) is 52.6 Å². The fraction of sp³-hybridized carbons (Fsp3) is 0.409. The maximum atomic E-state index is 13.0. The van der Waals surface area contributed by atoms with Crippen LogP contribution in [0.3, 0.4) is 0 Å². The molecule has 0 aliphatic carbocycles. The Kier molecular flexibility index (Phi) is 5.67. The minimum Gasteiger partial charge on any atom is -0.368 e. The molecule has 29 heavy (non-hydrogen) atoms. The number of para-hydroxylation sites is 1. The van der Waals surface area contributed by atoms with Crippen LogP contribution >= 0.6 is 11.3 Å². The monoisotopic (exact) mass is 409 g/mol. The highest BCUT2D eigenvalue weighted by Gasteiger charge is 2.25. The number of piperazine rings is 1. The van der Waals surface area contributed by atoms with E-state index in [0.717, 1.165) is 52.7 Å². The number of thiophene rings is 1. The molecule has 0 radical (unpaired) electrons. The number of benzene rings is 1. The molecule has 0 spiro atoms. The molecular weight excluding hydrogens is 382 g/mol. The second kappa shape index (κ2) is 8.37. The van der Waals surface area contributed by atoms with Gasteiger partial charge in [0.1, 0.15) is 17.0 Å². The smallest absolute Gasteiger partial charge is 0.264 e.